The molecule has 1 aromatic rings. The maximum Gasteiger partial charge on any atom is 0.0722 e. The molecule has 0 aromatic heterocycles. The van der Waals surface area contributed by atoms with Crippen molar-refractivity contribution in [1.82, 2.24) is 0 Å². The van der Waals surface area contributed by atoms with Crippen molar-refractivity contribution in [2.75, 3.05) is 24.6 Å². The topological polar surface area (TPSA) is 38.5 Å². The molecule has 0 bridgehead atoms. The van der Waals surface area contributed by atoms with Gasteiger partial charge in [0.05, 0.1) is 12.7 Å². The Balaban J connectivity index is 2.23. The van der Waals surface area contributed by atoms with Crippen LogP contribution in [0.1, 0.15) is 25.8 Å². The number of ether oxygens (including phenoxy) is 1. The number of hydrogen-bond acceptors (Lipinski definition) is 3. The van der Waals surface area contributed by atoms with Gasteiger partial charge in [-0.05, 0) is 37.5 Å². The van der Waals surface area contributed by atoms with Crippen LogP contribution >= 0.6 is 15.9 Å². The zero-order chi connectivity index (χ0) is 13.8. The summed E-state index contributed by atoms with van der Waals surface area (Å²) in [5, 5.41) is 0. The van der Waals surface area contributed by atoms with Crippen LogP contribution in [0.15, 0.2) is 22.7 Å². The molecular weight excluding hydrogens is 304 g/mol. The van der Waals surface area contributed by atoms with Gasteiger partial charge in [-0.15, -0.1) is 0 Å². The molecule has 0 spiro atoms. The number of morpholine rings is 1. The van der Waals surface area contributed by atoms with Crippen LogP contribution in [0.5, 0.6) is 0 Å². The Morgan fingerprint density at radius 1 is 1.53 bits per heavy atom. The van der Waals surface area contributed by atoms with Crippen LogP contribution in [-0.2, 0) is 11.2 Å². The van der Waals surface area contributed by atoms with Crippen LogP contribution in [0.3, 0.4) is 0 Å². The molecule has 1 saturated heterocycles. The Hall–Kier alpha value is -0.580. The van der Waals surface area contributed by atoms with Gasteiger partial charge in [-0.25, -0.2) is 0 Å². The van der Waals surface area contributed by atoms with Gasteiger partial charge in [-0.2, -0.15) is 0 Å². The minimum absolute atomic E-state index is 0.235. The van der Waals surface area contributed by atoms with Gasteiger partial charge in [0.1, 0.15) is 0 Å². The normalized spacial score (nSPS) is 21.5. The molecule has 0 amide bonds. The quantitative estimate of drug-likeness (QED) is 0.924. The standard InChI is InChI=1S/C15H23BrN2O/c1-3-14(17)8-12-4-5-13(16)9-15(12)18-6-7-19-11(2)10-18/h4-5,9,11,14H,3,6-8,10,17H2,1-2H3. The van der Waals surface area contributed by atoms with E-state index in [1.165, 1.54) is 11.3 Å². The molecule has 0 saturated carbocycles. The molecule has 3 nitrogen and oxygen atoms in total. The molecule has 0 radical (unpaired) electrons. The first-order valence-corrected chi connectivity index (χ1v) is 7.80. The fraction of sp³-hybridized carbons (Fsp3) is 0.600. The van der Waals surface area contributed by atoms with Crippen molar-refractivity contribution in [2.24, 2.45) is 5.73 Å². The number of benzene rings is 1. The summed E-state index contributed by atoms with van der Waals surface area (Å²) in [6.07, 6.45) is 2.24. The Bertz CT molecular complexity index is 425. The van der Waals surface area contributed by atoms with Gasteiger partial charge in [0.2, 0.25) is 0 Å². The van der Waals surface area contributed by atoms with Gasteiger partial charge in [-0.1, -0.05) is 28.9 Å². The van der Waals surface area contributed by atoms with Gasteiger partial charge in [0.15, 0.2) is 0 Å². The van der Waals surface area contributed by atoms with E-state index in [-0.39, 0.29) is 6.04 Å². The van der Waals surface area contributed by atoms with Crippen molar-refractivity contribution >= 4 is 21.6 Å². The lowest BCUT2D eigenvalue weighted by Gasteiger charge is -2.34. The van der Waals surface area contributed by atoms with Crippen molar-refractivity contribution in [3.63, 3.8) is 0 Å². The summed E-state index contributed by atoms with van der Waals surface area (Å²) in [6.45, 7) is 6.97. The fourth-order valence-corrected chi connectivity index (χ4v) is 2.82. The molecular formula is C15H23BrN2O. The predicted octanol–water partition coefficient (Wildman–Crippen LogP) is 2.95. The smallest absolute Gasteiger partial charge is 0.0722 e. The largest absolute Gasteiger partial charge is 0.375 e. The van der Waals surface area contributed by atoms with E-state index in [9.17, 15) is 0 Å². The van der Waals surface area contributed by atoms with Crippen LogP contribution in [-0.4, -0.2) is 31.8 Å². The third-order valence-corrected chi connectivity index (χ3v) is 4.13. The summed E-state index contributed by atoms with van der Waals surface area (Å²) in [4.78, 5) is 2.41. The minimum atomic E-state index is 0.235. The lowest BCUT2D eigenvalue weighted by Crippen LogP contribution is -2.41. The maximum absolute atomic E-state index is 6.11. The number of nitrogens with zero attached hydrogens (tertiary/aromatic N) is 1. The van der Waals surface area contributed by atoms with E-state index in [1.807, 2.05) is 0 Å². The van der Waals surface area contributed by atoms with Crippen LogP contribution in [0.2, 0.25) is 0 Å². The number of nitrogens with two attached hydrogens (primary N) is 1. The average Bonchev–Trinajstić information content (AvgIpc) is 2.40. The second-order valence-electron chi connectivity index (χ2n) is 5.27. The van der Waals surface area contributed by atoms with Crippen molar-refractivity contribution in [2.45, 2.75) is 38.8 Å². The zero-order valence-corrected chi connectivity index (χ0v) is 13.3. The van der Waals surface area contributed by atoms with Crippen LogP contribution in [0.4, 0.5) is 5.69 Å². The second-order valence-corrected chi connectivity index (χ2v) is 6.19. The van der Waals surface area contributed by atoms with Gasteiger partial charge < -0.3 is 15.4 Å². The third kappa shape index (κ3) is 3.94. The summed E-state index contributed by atoms with van der Waals surface area (Å²) >= 11 is 3.57. The van der Waals surface area contributed by atoms with E-state index in [4.69, 9.17) is 10.5 Å². The molecule has 2 unspecified atom stereocenters. The summed E-state index contributed by atoms with van der Waals surface area (Å²) in [5.41, 5.74) is 8.75. The molecule has 2 atom stereocenters. The van der Waals surface area contributed by atoms with Gasteiger partial charge >= 0.3 is 0 Å². The van der Waals surface area contributed by atoms with Crippen molar-refractivity contribution < 1.29 is 4.74 Å². The van der Waals surface area contributed by atoms with E-state index in [1.54, 1.807) is 0 Å². The molecule has 4 heteroatoms. The van der Waals surface area contributed by atoms with Crippen LogP contribution < -0.4 is 10.6 Å². The Morgan fingerprint density at radius 3 is 3.00 bits per heavy atom. The third-order valence-electron chi connectivity index (χ3n) is 3.64. The fourth-order valence-electron chi connectivity index (χ4n) is 2.47. The highest BCUT2D eigenvalue weighted by Gasteiger charge is 2.20. The monoisotopic (exact) mass is 326 g/mol. The summed E-state index contributed by atoms with van der Waals surface area (Å²) in [5.74, 6) is 0. The van der Waals surface area contributed by atoms with Crippen molar-refractivity contribution in [3.05, 3.63) is 28.2 Å². The van der Waals surface area contributed by atoms with Gasteiger partial charge in [0.25, 0.3) is 0 Å². The summed E-state index contributed by atoms with van der Waals surface area (Å²) < 4.78 is 6.74. The first-order valence-electron chi connectivity index (χ1n) is 7.00. The lowest BCUT2D eigenvalue weighted by atomic mass is 10.0. The molecule has 1 fully saturated rings. The highest BCUT2D eigenvalue weighted by molar-refractivity contribution is 9.10. The summed E-state index contributed by atoms with van der Waals surface area (Å²) in [7, 11) is 0. The highest BCUT2D eigenvalue weighted by Crippen LogP contribution is 2.28. The Labute approximate surface area is 124 Å². The highest BCUT2D eigenvalue weighted by atomic mass is 79.9. The zero-order valence-electron chi connectivity index (χ0n) is 11.7. The maximum atomic E-state index is 6.11. The average molecular weight is 327 g/mol. The van der Waals surface area contributed by atoms with E-state index in [0.29, 0.717) is 6.10 Å². The van der Waals surface area contributed by atoms with Crippen LogP contribution in [0.25, 0.3) is 0 Å². The molecule has 1 aliphatic heterocycles. The Kier molecular flexibility index (Phi) is 5.25. The van der Waals surface area contributed by atoms with E-state index >= 15 is 0 Å². The predicted molar refractivity (Wildman–Crippen MR) is 83.7 cm³/mol. The van der Waals surface area contributed by atoms with Crippen molar-refractivity contribution in [3.8, 4) is 0 Å². The van der Waals surface area contributed by atoms with E-state index < -0.39 is 0 Å². The SMILES string of the molecule is CCC(N)Cc1ccc(Br)cc1N1CCOC(C)C1. The second kappa shape index (κ2) is 6.73. The van der Waals surface area contributed by atoms with E-state index in [0.717, 1.165) is 37.0 Å². The molecule has 1 heterocycles. The van der Waals surface area contributed by atoms with E-state index in [2.05, 4.69) is 52.9 Å². The number of rotatable bonds is 4. The van der Waals surface area contributed by atoms with Gasteiger partial charge in [-0.3, -0.25) is 0 Å². The first kappa shape index (κ1) is 14.8. The molecule has 2 N–H and O–H groups in total. The molecule has 1 aromatic carbocycles. The first-order chi connectivity index (χ1) is 9.10. The van der Waals surface area contributed by atoms with Gasteiger partial charge in [0, 0.05) is 29.3 Å². The summed E-state index contributed by atoms with van der Waals surface area (Å²) in [6, 6.07) is 6.73. The lowest BCUT2D eigenvalue weighted by molar-refractivity contribution is 0.0531. The molecule has 2 rings (SSSR count). The number of anilines is 1. The minimum Gasteiger partial charge on any atom is -0.375 e. The molecule has 106 valence electrons. The molecule has 1 aliphatic rings. The van der Waals surface area contributed by atoms with Crippen LogP contribution in [0, 0.1) is 0 Å². The number of halogens is 1. The Morgan fingerprint density at radius 2 is 2.32 bits per heavy atom. The molecule has 19 heavy (non-hydrogen) atoms. The molecule has 0 aliphatic carbocycles. The van der Waals surface area contributed by atoms with Crippen molar-refractivity contribution in [1.29, 1.82) is 0 Å². The number of hydrogen-bond donors (Lipinski definition) is 1.